The summed E-state index contributed by atoms with van der Waals surface area (Å²) in [5, 5.41) is 9.98. The molecule has 0 unspecified atom stereocenters. The van der Waals surface area contributed by atoms with Gasteiger partial charge in [0.15, 0.2) is 0 Å². The van der Waals surface area contributed by atoms with Crippen LogP contribution in [0.2, 0.25) is 0 Å². The maximum atomic E-state index is 12.0. The van der Waals surface area contributed by atoms with Crippen molar-refractivity contribution in [3.05, 3.63) is 48.0 Å². The molecular weight excluding hydrogens is 230 g/mol. The Morgan fingerprint density at radius 3 is 2.50 bits per heavy atom. The van der Waals surface area contributed by atoms with E-state index in [1.54, 1.807) is 12.1 Å². The van der Waals surface area contributed by atoms with E-state index in [4.69, 9.17) is 16.0 Å². The van der Waals surface area contributed by atoms with Crippen LogP contribution < -0.4 is 5.73 Å². The lowest BCUT2D eigenvalue weighted by Crippen LogP contribution is -2.40. The summed E-state index contributed by atoms with van der Waals surface area (Å²) in [6.45, 7) is 0. The molecule has 2 aromatic rings. The molecule has 1 amide bonds. The Bertz CT molecular complexity index is 610. The SMILES string of the molecule is CON(C(=N)N)C(=O)c1ccc2ccccc2c1. The van der Waals surface area contributed by atoms with Crippen LogP contribution in [0.15, 0.2) is 42.5 Å². The quantitative estimate of drug-likeness (QED) is 0.479. The van der Waals surface area contributed by atoms with Gasteiger partial charge in [0.25, 0.3) is 5.91 Å². The molecule has 0 atom stereocenters. The largest absolute Gasteiger partial charge is 0.368 e. The second-order valence-electron chi connectivity index (χ2n) is 3.73. The maximum Gasteiger partial charge on any atom is 0.284 e. The lowest BCUT2D eigenvalue weighted by Gasteiger charge is -2.17. The van der Waals surface area contributed by atoms with Gasteiger partial charge in [-0.15, -0.1) is 0 Å². The average molecular weight is 243 g/mol. The molecule has 18 heavy (non-hydrogen) atoms. The van der Waals surface area contributed by atoms with Gasteiger partial charge in [-0.25, -0.2) is 0 Å². The van der Waals surface area contributed by atoms with Gasteiger partial charge in [-0.05, 0) is 22.9 Å². The summed E-state index contributed by atoms with van der Waals surface area (Å²) in [7, 11) is 1.29. The summed E-state index contributed by atoms with van der Waals surface area (Å²) < 4.78 is 0. The molecule has 0 spiro atoms. The van der Waals surface area contributed by atoms with Crippen LogP contribution in [0, 0.1) is 5.41 Å². The molecule has 0 radical (unpaired) electrons. The van der Waals surface area contributed by atoms with E-state index in [2.05, 4.69) is 0 Å². The van der Waals surface area contributed by atoms with Crippen molar-refractivity contribution in [1.82, 2.24) is 5.06 Å². The first kappa shape index (κ1) is 12.1. The van der Waals surface area contributed by atoms with Crippen molar-refractivity contribution in [1.29, 1.82) is 5.41 Å². The van der Waals surface area contributed by atoms with Crippen molar-refractivity contribution in [3.8, 4) is 0 Å². The van der Waals surface area contributed by atoms with Crippen molar-refractivity contribution in [3.63, 3.8) is 0 Å². The standard InChI is InChI=1S/C13H13N3O2/c1-18-16(13(14)15)12(17)11-7-6-9-4-2-3-5-10(9)8-11/h2-8H,1H3,(H3,14,15). The predicted molar refractivity (Wildman–Crippen MR) is 69.0 cm³/mol. The molecule has 0 heterocycles. The molecule has 0 bridgehead atoms. The molecule has 0 aliphatic rings. The van der Waals surface area contributed by atoms with Crippen LogP contribution in [-0.2, 0) is 4.84 Å². The van der Waals surface area contributed by atoms with Gasteiger partial charge in [0.1, 0.15) is 0 Å². The second kappa shape index (κ2) is 4.85. The molecule has 0 aromatic heterocycles. The van der Waals surface area contributed by atoms with E-state index < -0.39 is 11.9 Å². The monoisotopic (exact) mass is 243 g/mol. The van der Waals surface area contributed by atoms with Gasteiger partial charge in [-0.1, -0.05) is 30.3 Å². The van der Waals surface area contributed by atoms with Crippen LogP contribution in [0.1, 0.15) is 10.4 Å². The Labute approximate surface area is 104 Å². The fourth-order valence-corrected chi connectivity index (χ4v) is 1.73. The molecule has 3 N–H and O–H groups in total. The molecule has 0 fully saturated rings. The van der Waals surface area contributed by atoms with Gasteiger partial charge in [0.2, 0.25) is 5.96 Å². The summed E-state index contributed by atoms with van der Waals surface area (Å²) in [5.41, 5.74) is 5.68. The van der Waals surface area contributed by atoms with Gasteiger partial charge in [-0.2, -0.15) is 5.06 Å². The summed E-state index contributed by atoms with van der Waals surface area (Å²) in [5.74, 6) is -0.911. The third kappa shape index (κ3) is 2.16. The Morgan fingerprint density at radius 1 is 1.22 bits per heavy atom. The molecular formula is C13H13N3O2. The molecule has 0 saturated heterocycles. The molecule has 5 heteroatoms. The van der Waals surface area contributed by atoms with E-state index in [-0.39, 0.29) is 0 Å². The number of amides is 1. The first-order valence-electron chi connectivity index (χ1n) is 5.35. The highest BCUT2D eigenvalue weighted by atomic mass is 16.7. The maximum absolute atomic E-state index is 12.0. The van der Waals surface area contributed by atoms with E-state index in [1.807, 2.05) is 30.3 Å². The van der Waals surface area contributed by atoms with Crippen LogP contribution >= 0.6 is 0 Å². The van der Waals surface area contributed by atoms with Gasteiger partial charge in [0.05, 0.1) is 7.11 Å². The molecule has 0 saturated carbocycles. The van der Waals surface area contributed by atoms with E-state index in [1.165, 1.54) is 7.11 Å². The number of nitrogens with zero attached hydrogens (tertiary/aromatic N) is 1. The number of fused-ring (bicyclic) bond motifs is 1. The van der Waals surface area contributed by atoms with E-state index in [0.29, 0.717) is 5.56 Å². The van der Waals surface area contributed by atoms with Gasteiger partial charge in [0, 0.05) is 5.56 Å². The Kier molecular flexibility index (Phi) is 3.25. The molecule has 0 aliphatic carbocycles. The molecule has 92 valence electrons. The summed E-state index contributed by atoms with van der Waals surface area (Å²) in [6.07, 6.45) is 0. The Morgan fingerprint density at radius 2 is 1.89 bits per heavy atom. The number of benzene rings is 2. The Hall–Kier alpha value is -2.40. The smallest absolute Gasteiger partial charge is 0.284 e. The molecule has 0 aliphatic heterocycles. The molecule has 2 aromatic carbocycles. The highest BCUT2D eigenvalue weighted by Crippen LogP contribution is 2.16. The highest BCUT2D eigenvalue weighted by Gasteiger charge is 2.18. The predicted octanol–water partition coefficient (Wildman–Crippen LogP) is 1.74. The number of nitrogens with one attached hydrogen (secondary N) is 1. The average Bonchev–Trinajstić information content (AvgIpc) is 2.38. The lowest BCUT2D eigenvalue weighted by atomic mass is 10.1. The number of carbonyl (C=O) groups excluding carboxylic acids is 1. The van der Waals surface area contributed by atoms with Gasteiger partial charge >= 0.3 is 0 Å². The van der Waals surface area contributed by atoms with Crippen LogP contribution in [-0.4, -0.2) is 24.0 Å². The third-order valence-corrected chi connectivity index (χ3v) is 2.58. The first-order chi connectivity index (χ1) is 8.63. The summed E-state index contributed by atoms with van der Waals surface area (Å²) in [4.78, 5) is 16.8. The number of hydrogen-bond acceptors (Lipinski definition) is 3. The number of nitrogens with two attached hydrogens (primary N) is 1. The van der Waals surface area contributed by atoms with E-state index in [0.717, 1.165) is 15.8 Å². The first-order valence-corrected chi connectivity index (χ1v) is 5.35. The van der Waals surface area contributed by atoms with E-state index in [9.17, 15) is 4.79 Å². The topological polar surface area (TPSA) is 79.4 Å². The normalized spacial score (nSPS) is 10.3. The van der Waals surface area contributed by atoms with Crippen LogP contribution in [0.4, 0.5) is 0 Å². The highest BCUT2D eigenvalue weighted by molar-refractivity contribution is 6.05. The lowest BCUT2D eigenvalue weighted by molar-refractivity contribution is -0.0421. The van der Waals surface area contributed by atoms with Gasteiger partial charge in [-0.3, -0.25) is 15.0 Å². The number of carbonyl (C=O) groups is 1. The zero-order chi connectivity index (χ0) is 13.1. The number of hydrogen-bond donors (Lipinski definition) is 2. The summed E-state index contributed by atoms with van der Waals surface area (Å²) in [6, 6.07) is 13.0. The minimum atomic E-state index is -0.462. The van der Waals surface area contributed by atoms with Crippen molar-refractivity contribution < 1.29 is 9.63 Å². The fraction of sp³-hybridized carbons (Fsp3) is 0.0769. The third-order valence-electron chi connectivity index (χ3n) is 2.58. The minimum absolute atomic E-state index is 0.422. The fourth-order valence-electron chi connectivity index (χ4n) is 1.73. The van der Waals surface area contributed by atoms with Crippen molar-refractivity contribution in [2.24, 2.45) is 5.73 Å². The van der Waals surface area contributed by atoms with Crippen LogP contribution in [0.25, 0.3) is 10.8 Å². The number of rotatable bonds is 2. The van der Waals surface area contributed by atoms with Gasteiger partial charge < -0.3 is 5.73 Å². The van der Waals surface area contributed by atoms with Crippen LogP contribution in [0.5, 0.6) is 0 Å². The Balaban J connectivity index is 2.42. The number of guanidine groups is 1. The van der Waals surface area contributed by atoms with Crippen molar-refractivity contribution in [2.75, 3.05) is 7.11 Å². The molecule has 5 nitrogen and oxygen atoms in total. The van der Waals surface area contributed by atoms with E-state index >= 15 is 0 Å². The summed E-state index contributed by atoms with van der Waals surface area (Å²) >= 11 is 0. The number of hydroxylamine groups is 2. The van der Waals surface area contributed by atoms with Crippen molar-refractivity contribution >= 4 is 22.6 Å². The minimum Gasteiger partial charge on any atom is -0.368 e. The zero-order valence-corrected chi connectivity index (χ0v) is 9.88. The van der Waals surface area contributed by atoms with Crippen LogP contribution in [0.3, 0.4) is 0 Å². The second-order valence-corrected chi connectivity index (χ2v) is 3.73. The zero-order valence-electron chi connectivity index (χ0n) is 9.88. The molecule has 2 rings (SSSR count). The van der Waals surface area contributed by atoms with Crippen molar-refractivity contribution in [2.45, 2.75) is 0 Å².